The summed E-state index contributed by atoms with van der Waals surface area (Å²) < 4.78 is 11.1. The fourth-order valence-electron chi connectivity index (χ4n) is 2.10. The van der Waals surface area contributed by atoms with E-state index >= 15 is 0 Å². The van der Waals surface area contributed by atoms with Crippen LogP contribution in [0.1, 0.15) is 11.1 Å². The summed E-state index contributed by atoms with van der Waals surface area (Å²) in [5.74, 6) is 1.73. The lowest BCUT2D eigenvalue weighted by Crippen LogP contribution is -2.07. The van der Waals surface area contributed by atoms with Gasteiger partial charge in [0.05, 0.1) is 13.7 Å². The Hall–Kier alpha value is -2.00. The van der Waals surface area contributed by atoms with Crippen LogP contribution >= 0.6 is 0 Å². The zero-order chi connectivity index (χ0) is 14.2. The standard InChI is InChI=1S/C17H21NO2/c1-19-16-7-8-17(15(13-16)9-11-18)20-12-10-14-5-3-2-4-6-14/h2-8,13H,9-12,18H2,1H3. The molecular weight excluding hydrogens is 250 g/mol. The molecule has 2 aromatic carbocycles. The van der Waals surface area contributed by atoms with Crippen LogP contribution in [0.25, 0.3) is 0 Å². The summed E-state index contributed by atoms with van der Waals surface area (Å²) in [6, 6.07) is 16.2. The number of hydrogen-bond acceptors (Lipinski definition) is 3. The second-order valence-corrected chi connectivity index (χ2v) is 4.60. The Kier molecular flexibility index (Phi) is 5.44. The quantitative estimate of drug-likeness (QED) is 0.842. The van der Waals surface area contributed by atoms with E-state index in [4.69, 9.17) is 15.2 Å². The van der Waals surface area contributed by atoms with Gasteiger partial charge in [-0.25, -0.2) is 0 Å². The lowest BCUT2D eigenvalue weighted by Gasteiger charge is -2.12. The van der Waals surface area contributed by atoms with Gasteiger partial charge in [-0.15, -0.1) is 0 Å². The first-order valence-corrected chi connectivity index (χ1v) is 6.87. The first-order valence-electron chi connectivity index (χ1n) is 6.87. The Bertz CT molecular complexity index is 526. The van der Waals surface area contributed by atoms with Crippen LogP contribution in [0.15, 0.2) is 48.5 Å². The Balaban J connectivity index is 1.98. The summed E-state index contributed by atoms with van der Waals surface area (Å²) in [6.45, 7) is 1.26. The highest BCUT2D eigenvalue weighted by Gasteiger charge is 2.05. The van der Waals surface area contributed by atoms with Crippen molar-refractivity contribution in [2.45, 2.75) is 12.8 Å². The van der Waals surface area contributed by atoms with E-state index in [1.807, 2.05) is 36.4 Å². The maximum atomic E-state index is 5.88. The number of hydrogen-bond donors (Lipinski definition) is 1. The smallest absolute Gasteiger partial charge is 0.122 e. The third-order valence-corrected chi connectivity index (χ3v) is 3.17. The number of benzene rings is 2. The van der Waals surface area contributed by atoms with Crippen molar-refractivity contribution in [3.05, 3.63) is 59.7 Å². The molecule has 0 unspecified atom stereocenters. The highest BCUT2D eigenvalue weighted by Crippen LogP contribution is 2.24. The van der Waals surface area contributed by atoms with E-state index in [0.29, 0.717) is 13.2 Å². The summed E-state index contributed by atoms with van der Waals surface area (Å²) in [5.41, 5.74) is 8.02. The molecule has 0 saturated carbocycles. The molecular formula is C17H21NO2. The molecule has 0 aliphatic rings. The van der Waals surface area contributed by atoms with Gasteiger partial charge in [-0.05, 0) is 42.3 Å². The van der Waals surface area contributed by atoms with Crippen molar-refractivity contribution in [1.29, 1.82) is 0 Å². The van der Waals surface area contributed by atoms with Crippen molar-refractivity contribution in [1.82, 2.24) is 0 Å². The molecule has 0 atom stereocenters. The minimum Gasteiger partial charge on any atom is -0.497 e. The van der Waals surface area contributed by atoms with Crippen molar-refractivity contribution < 1.29 is 9.47 Å². The second kappa shape index (κ2) is 7.56. The zero-order valence-electron chi connectivity index (χ0n) is 11.8. The SMILES string of the molecule is COc1ccc(OCCc2ccccc2)c(CCN)c1. The minimum absolute atomic E-state index is 0.599. The van der Waals surface area contributed by atoms with Gasteiger partial charge in [-0.2, -0.15) is 0 Å². The van der Waals surface area contributed by atoms with Crippen LogP contribution in [-0.2, 0) is 12.8 Å². The topological polar surface area (TPSA) is 44.5 Å². The molecule has 0 aliphatic carbocycles. The summed E-state index contributed by atoms with van der Waals surface area (Å²) in [6.07, 6.45) is 1.69. The molecule has 20 heavy (non-hydrogen) atoms. The van der Waals surface area contributed by atoms with Crippen LogP contribution in [-0.4, -0.2) is 20.3 Å². The molecule has 0 heterocycles. The highest BCUT2D eigenvalue weighted by atomic mass is 16.5. The van der Waals surface area contributed by atoms with Gasteiger partial charge in [0.2, 0.25) is 0 Å². The lowest BCUT2D eigenvalue weighted by molar-refractivity contribution is 0.317. The Morgan fingerprint density at radius 2 is 1.80 bits per heavy atom. The molecule has 0 amide bonds. The minimum atomic E-state index is 0.599. The Labute approximate surface area is 120 Å². The molecule has 2 aromatic rings. The van der Waals surface area contributed by atoms with E-state index in [9.17, 15) is 0 Å². The van der Waals surface area contributed by atoms with Gasteiger partial charge >= 0.3 is 0 Å². The molecule has 3 nitrogen and oxygen atoms in total. The van der Waals surface area contributed by atoms with Gasteiger partial charge < -0.3 is 15.2 Å². The average molecular weight is 271 g/mol. The second-order valence-electron chi connectivity index (χ2n) is 4.60. The van der Waals surface area contributed by atoms with Crippen LogP contribution < -0.4 is 15.2 Å². The highest BCUT2D eigenvalue weighted by molar-refractivity contribution is 5.40. The molecule has 0 aromatic heterocycles. The van der Waals surface area contributed by atoms with Gasteiger partial charge in [-0.3, -0.25) is 0 Å². The van der Waals surface area contributed by atoms with Crippen LogP contribution in [0.3, 0.4) is 0 Å². The third-order valence-electron chi connectivity index (χ3n) is 3.17. The molecule has 0 saturated heterocycles. The molecule has 0 radical (unpaired) electrons. The maximum Gasteiger partial charge on any atom is 0.122 e. The predicted molar refractivity (Wildman–Crippen MR) is 81.4 cm³/mol. The number of rotatable bonds is 7. The van der Waals surface area contributed by atoms with Gasteiger partial charge in [0.15, 0.2) is 0 Å². The summed E-state index contributed by atoms with van der Waals surface area (Å²) in [7, 11) is 1.66. The van der Waals surface area contributed by atoms with E-state index < -0.39 is 0 Å². The van der Waals surface area contributed by atoms with Gasteiger partial charge in [0.1, 0.15) is 11.5 Å². The van der Waals surface area contributed by atoms with Crippen LogP contribution in [0.4, 0.5) is 0 Å². The fraction of sp³-hybridized carbons (Fsp3) is 0.294. The molecule has 2 N–H and O–H groups in total. The molecule has 0 bridgehead atoms. The number of ether oxygens (including phenoxy) is 2. The van der Waals surface area contributed by atoms with Crippen molar-refractivity contribution in [2.24, 2.45) is 5.73 Å². The average Bonchev–Trinajstić information content (AvgIpc) is 2.50. The summed E-state index contributed by atoms with van der Waals surface area (Å²) in [4.78, 5) is 0. The largest absolute Gasteiger partial charge is 0.497 e. The molecule has 2 rings (SSSR count). The lowest BCUT2D eigenvalue weighted by atomic mass is 10.1. The van der Waals surface area contributed by atoms with Crippen molar-refractivity contribution in [2.75, 3.05) is 20.3 Å². The normalized spacial score (nSPS) is 10.3. The predicted octanol–water partition coefficient (Wildman–Crippen LogP) is 2.82. The Morgan fingerprint density at radius 3 is 2.50 bits per heavy atom. The molecule has 106 valence electrons. The van der Waals surface area contributed by atoms with Gasteiger partial charge in [-0.1, -0.05) is 30.3 Å². The summed E-state index contributed by atoms with van der Waals surface area (Å²) in [5, 5.41) is 0. The van der Waals surface area contributed by atoms with E-state index in [0.717, 1.165) is 29.9 Å². The first-order chi connectivity index (χ1) is 9.83. The monoisotopic (exact) mass is 271 g/mol. The van der Waals surface area contributed by atoms with Crippen LogP contribution in [0.5, 0.6) is 11.5 Å². The van der Waals surface area contributed by atoms with E-state index in [-0.39, 0.29) is 0 Å². The van der Waals surface area contributed by atoms with Gasteiger partial charge in [0.25, 0.3) is 0 Å². The number of nitrogens with two attached hydrogens (primary N) is 1. The van der Waals surface area contributed by atoms with E-state index in [1.165, 1.54) is 5.56 Å². The first kappa shape index (κ1) is 14.4. The van der Waals surface area contributed by atoms with E-state index in [1.54, 1.807) is 7.11 Å². The van der Waals surface area contributed by atoms with Crippen LogP contribution in [0, 0.1) is 0 Å². The van der Waals surface area contributed by atoms with Crippen molar-refractivity contribution >= 4 is 0 Å². The maximum absolute atomic E-state index is 5.88. The van der Waals surface area contributed by atoms with E-state index in [2.05, 4.69) is 12.1 Å². The number of methoxy groups -OCH3 is 1. The molecule has 0 spiro atoms. The zero-order valence-corrected chi connectivity index (χ0v) is 11.8. The third kappa shape index (κ3) is 4.00. The van der Waals surface area contributed by atoms with Crippen molar-refractivity contribution in [3.8, 4) is 11.5 Å². The van der Waals surface area contributed by atoms with Crippen molar-refractivity contribution in [3.63, 3.8) is 0 Å². The molecule has 0 fully saturated rings. The molecule has 0 aliphatic heterocycles. The fourth-order valence-corrected chi connectivity index (χ4v) is 2.10. The van der Waals surface area contributed by atoms with Gasteiger partial charge in [0, 0.05) is 6.42 Å². The molecule has 3 heteroatoms. The Morgan fingerprint density at radius 1 is 1.00 bits per heavy atom. The van der Waals surface area contributed by atoms with Crippen LogP contribution in [0.2, 0.25) is 0 Å². The summed E-state index contributed by atoms with van der Waals surface area (Å²) >= 11 is 0.